The van der Waals surface area contributed by atoms with Gasteiger partial charge in [0.2, 0.25) is 0 Å². The van der Waals surface area contributed by atoms with Crippen LogP contribution in [0.1, 0.15) is 12.8 Å². The number of hydrogen-bond acceptors (Lipinski definition) is 3. The Bertz CT molecular complexity index is 567. The van der Waals surface area contributed by atoms with Gasteiger partial charge in [0.15, 0.2) is 0 Å². The monoisotopic (exact) mass is 269 g/mol. The van der Waals surface area contributed by atoms with E-state index in [0.717, 1.165) is 10.9 Å². The summed E-state index contributed by atoms with van der Waals surface area (Å²) in [6.45, 7) is 0.220. The molecule has 0 spiro atoms. The zero-order chi connectivity index (χ0) is 13.9. The number of nitrogens with two attached hydrogens (primary N) is 1. The molecule has 3 N–H and O–H groups in total. The van der Waals surface area contributed by atoms with Crippen LogP contribution in [0.4, 0.5) is 24.5 Å². The minimum atomic E-state index is -4.12. The normalized spacial score (nSPS) is 11.7. The van der Waals surface area contributed by atoms with E-state index in [1.165, 1.54) is 6.20 Å². The molecule has 6 heteroatoms. The van der Waals surface area contributed by atoms with Crippen molar-refractivity contribution in [1.82, 2.24) is 4.98 Å². The van der Waals surface area contributed by atoms with E-state index in [1.54, 1.807) is 0 Å². The first-order valence-electron chi connectivity index (χ1n) is 5.91. The second kappa shape index (κ2) is 5.34. The van der Waals surface area contributed by atoms with Gasteiger partial charge in [0.1, 0.15) is 0 Å². The van der Waals surface area contributed by atoms with E-state index < -0.39 is 12.6 Å². The summed E-state index contributed by atoms with van der Waals surface area (Å²) in [6, 6.07) is 7.35. The highest BCUT2D eigenvalue weighted by Gasteiger charge is 2.25. The number of anilines is 2. The van der Waals surface area contributed by atoms with Gasteiger partial charge in [-0.1, -0.05) is 18.2 Å². The molecule has 2 rings (SSSR count). The Balaban J connectivity index is 2.10. The number of benzene rings is 1. The van der Waals surface area contributed by atoms with Gasteiger partial charge in [-0.25, -0.2) is 0 Å². The third-order valence-corrected chi connectivity index (χ3v) is 2.74. The number of halogens is 3. The third-order valence-electron chi connectivity index (χ3n) is 2.74. The molecule has 1 aromatic heterocycles. The number of alkyl halides is 3. The van der Waals surface area contributed by atoms with E-state index in [9.17, 15) is 13.2 Å². The van der Waals surface area contributed by atoms with E-state index >= 15 is 0 Å². The van der Waals surface area contributed by atoms with E-state index in [4.69, 9.17) is 5.73 Å². The van der Waals surface area contributed by atoms with Crippen LogP contribution in [0.3, 0.4) is 0 Å². The molecule has 19 heavy (non-hydrogen) atoms. The van der Waals surface area contributed by atoms with Crippen molar-refractivity contribution in [3.05, 3.63) is 30.5 Å². The van der Waals surface area contributed by atoms with Crippen molar-refractivity contribution in [2.75, 3.05) is 17.6 Å². The average Bonchev–Trinajstić information content (AvgIpc) is 2.35. The van der Waals surface area contributed by atoms with Gasteiger partial charge >= 0.3 is 6.18 Å². The molecule has 0 fully saturated rings. The molecular formula is C13H14F3N3. The molecule has 0 bridgehead atoms. The Labute approximate surface area is 108 Å². The lowest BCUT2D eigenvalue weighted by molar-refractivity contribution is -0.134. The summed E-state index contributed by atoms with van der Waals surface area (Å²) < 4.78 is 36.2. The fourth-order valence-electron chi connectivity index (χ4n) is 1.86. The highest BCUT2D eigenvalue weighted by molar-refractivity contribution is 5.96. The molecule has 0 aliphatic carbocycles. The van der Waals surface area contributed by atoms with Gasteiger partial charge in [-0.05, 0) is 12.5 Å². The summed E-state index contributed by atoms with van der Waals surface area (Å²) in [6.07, 6.45) is -3.40. The van der Waals surface area contributed by atoms with Gasteiger partial charge in [-0.2, -0.15) is 13.2 Å². The van der Waals surface area contributed by atoms with Crippen LogP contribution in [0.15, 0.2) is 30.5 Å². The topological polar surface area (TPSA) is 50.9 Å². The predicted molar refractivity (Wildman–Crippen MR) is 69.9 cm³/mol. The van der Waals surface area contributed by atoms with E-state index in [-0.39, 0.29) is 13.0 Å². The quantitative estimate of drug-likeness (QED) is 0.834. The Hall–Kier alpha value is -1.98. The first-order chi connectivity index (χ1) is 8.97. The number of pyridine rings is 1. The van der Waals surface area contributed by atoms with Crippen LogP contribution in [0, 0.1) is 0 Å². The van der Waals surface area contributed by atoms with Crippen LogP contribution in [-0.2, 0) is 0 Å². The van der Waals surface area contributed by atoms with Crippen molar-refractivity contribution < 1.29 is 13.2 Å². The summed E-state index contributed by atoms with van der Waals surface area (Å²) in [7, 11) is 0. The maximum Gasteiger partial charge on any atom is 0.389 e. The molecule has 0 aliphatic heterocycles. The maximum absolute atomic E-state index is 12.1. The molecule has 0 aliphatic rings. The van der Waals surface area contributed by atoms with Gasteiger partial charge in [0, 0.05) is 18.4 Å². The Morgan fingerprint density at radius 2 is 1.95 bits per heavy atom. The van der Waals surface area contributed by atoms with Crippen LogP contribution >= 0.6 is 0 Å². The van der Waals surface area contributed by atoms with E-state index in [2.05, 4.69) is 10.3 Å². The number of aromatic nitrogens is 1. The largest absolute Gasteiger partial charge is 0.396 e. The number of nitrogens with one attached hydrogen (secondary N) is 1. The maximum atomic E-state index is 12.1. The number of nitrogen functional groups attached to an aromatic ring is 1. The van der Waals surface area contributed by atoms with Gasteiger partial charge in [-0.15, -0.1) is 0 Å². The molecule has 2 aromatic rings. The molecule has 0 atom stereocenters. The predicted octanol–water partition coefficient (Wildman–Crippen LogP) is 3.57. The molecule has 1 aromatic carbocycles. The number of rotatable bonds is 4. The van der Waals surface area contributed by atoms with Crippen LogP contribution in [-0.4, -0.2) is 17.7 Å². The second-order valence-corrected chi connectivity index (χ2v) is 4.25. The number of para-hydroxylation sites is 1. The lowest BCUT2D eigenvalue weighted by Crippen LogP contribution is -2.11. The number of fused-ring (bicyclic) bond motifs is 1. The van der Waals surface area contributed by atoms with Crippen molar-refractivity contribution in [2.45, 2.75) is 19.0 Å². The Morgan fingerprint density at radius 3 is 2.68 bits per heavy atom. The standard InChI is InChI=1S/C13H14F3N3/c14-13(15,16)6-3-7-18-12-9-4-1-2-5-11(9)19-8-10(12)17/h1-2,4-5,8H,3,6-7,17H2,(H,18,19). The molecule has 0 amide bonds. The Kier molecular flexibility index (Phi) is 3.78. The fourth-order valence-corrected chi connectivity index (χ4v) is 1.86. The van der Waals surface area contributed by atoms with Gasteiger partial charge in [0.05, 0.1) is 23.1 Å². The van der Waals surface area contributed by atoms with Gasteiger partial charge in [-0.3, -0.25) is 4.98 Å². The summed E-state index contributed by atoms with van der Waals surface area (Å²) in [5, 5.41) is 3.78. The van der Waals surface area contributed by atoms with E-state index in [1.807, 2.05) is 24.3 Å². The van der Waals surface area contributed by atoms with Crippen molar-refractivity contribution in [3.63, 3.8) is 0 Å². The Morgan fingerprint density at radius 1 is 1.21 bits per heavy atom. The average molecular weight is 269 g/mol. The highest BCUT2D eigenvalue weighted by atomic mass is 19.4. The van der Waals surface area contributed by atoms with Crippen molar-refractivity contribution >= 4 is 22.3 Å². The van der Waals surface area contributed by atoms with Gasteiger partial charge in [0.25, 0.3) is 0 Å². The van der Waals surface area contributed by atoms with Crippen LogP contribution in [0.25, 0.3) is 10.9 Å². The zero-order valence-corrected chi connectivity index (χ0v) is 10.2. The zero-order valence-electron chi connectivity index (χ0n) is 10.2. The molecule has 0 saturated heterocycles. The number of hydrogen-bond donors (Lipinski definition) is 2. The first-order valence-corrected chi connectivity index (χ1v) is 5.91. The van der Waals surface area contributed by atoms with Crippen LogP contribution < -0.4 is 11.1 Å². The van der Waals surface area contributed by atoms with Gasteiger partial charge < -0.3 is 11.1 Å². The lowest BCUT2D eigenvalue weighted by Gasteiger charge is -2.12. The minimum Gasteiger partial charge on any atom is -0.396 e. The number of nitrogens with zero attached hydrogens (tertiary/aromatic N) is 1. The highest BCUT2D eigenvalue weighted by Crippen LogP contribution is 2.28. The summed E-state index contributed by atoms with van der Waals surface area (Å²) in [5.74, 6) is 0. The molecular weight excluding hydrogens is 255 g/mol. The van der Waals surface area contributed by atoms with Crippen molar-refractivity contribution in [1.29, 1.82) is 0 Å². The van der Waals surface area contributed by atoms with Crippen molar-refractivity contribution in [2.24, 2.45) is 0 Å². The van der Waals surface area contributed by atoms with Crippen molar-refractivity contribution in [3.8, 4) is 0 Å². The molecule has 1 heterocycles. The first kappa shape index (κ1) is 13.5. The van der Waals surface area contributed by atoms with Crippen LogP contribution in [0.2, 0.25) is 0 Å². The SMILES string of the molecule is Nc1cnc2ccccc2c1NCCCC(F)(F)F. The fraction of sp³-hybridized carbons (Fsp3) is 0.308. The molecule has 102 valence electrons. The molecule has 0 unspecified atom stereocenters. The second-order valence-electron chi connectivity index (χ2n) is 4.25. The lowest BCUT2D eigenvalue weighted by atomic mass is 10.1. The summed E-state index contributed by atoms with van der Waals surface area (Å²) >= 11 is 0. The smallest absolute Gasteiger partial charge is 0.389 e. The minimum absolute atomic E-state index is 0.0135. The third kappa shape index (κ3) is 3.49. The van der Waals surface area contributed by atoms with Crippen LogP contribution in [0.5, 0.6) is 0 Å². The molecule has 3 nitrogen and oxygen atoms in total. The summed E-state index contributed by atoms with van der Waals surface area (Å²) in [5.41, 5.74) is 7.65. The molecule has 0 radical (unpaired) electrons. The van der Waals surface area contributed by atoms with E-state index in [0.29, 0.717) is 11.4 Å². The molecule has 0 saturated carbocycles. The summed E-state index contributed by atoms with van der Waals surface area (Å²) in [4.78, 5) is 4.16.